The summed E-state index contributed by atoms with van der Waals surface area (Å²) in [5, 5.41) is 19.1. The van der Waals surface area contributed by atoms with Crippen molar-refractivity contribution in [2.75, 3.05) is 20.7 Å². The minimum Gasteiger partial charge on any atom is -0.473 e. The van der Waals surface area contributed by atoms with Crippen molar-refractivity contribution in [2.45, 2.75) is 6.42 Å². The SMILES string of the molecule is CN/C(NCCC#Cc1csc(OC)n1)=C1/C=CSC1=N. The van der Waals surface area contributed by atoms with Crippen molar-refractivity contribution in [3.63, 3.8) is 0 Å². The summed E-state index contributed by atoms with van der Waals surface area (Å²) in [5.74, 6) is 6.93. The fourth-order valence-corrected chi connectivity index (χ4v) is 2.84. The molecule has 2 rings (SSSR count). The number of methoxy groups -OCH3 is 1. The molecule has 0 spiro atoms. The van der Waals surface area contributed by atoms with Crippen LogP contribution in [0.3, 0.4) is 0 Å². The van der Waals surface area contributed by atoms with E-state index in [1.165, 1.54) is 23.1 Å². The van der Waals surface area contributed by atoms with Crippen LogP contribution in [0.4, 0.5) is 0 Å². The van der Waals surface area contributed by atoms with Crippen molar-refractivity contribution in [3.8, 4) is 17.0 Å². The Kier molecular flexibility index (Phi) is 5.72. The second-order valence-corrected chi connectivity index (χ2v) is 5.71. The Morgan fingerprint density at radius 2 is 2.38 bits per heavy atom. The molecule has 0 fully saturated rings. The first-order valence-electron chi connectivity index (χ1n) is 6.31. The van der Waals surface area contributed by atoms with Crippen LogP contribution < -0.4 is 15.4 Å². The predicted molar refractivity (Wildman–Crippen MR) is 88.7 cm³/mol. The van der Waals surface area contributed by atoms with Gasteiger partial charge >= 0.3 is 0 Å². The van der Waals surface area contributed by atoms with Crippen molar-refractivity contribution in [3.05, 3.63) is 34.0 Å². The van der Waals surface area contributed by atoms with Crippen LogP contribution in [0.25, 0.3) is 0 Å². The molecule has 2 heterocycles. The van der Waals surface area contributed by atoms with Gasteiger partial charge in [0.15, 0.2) is 0 Å². The molecule has 0 amide bonds. The average Bonchev–Trinajstić information content (AvgIpc) is 3.12. The third-order valence-electron chi connectivity index (χ3n) is 2.61. The molecule has 0 aromatic carbocycles. The van der Waals surface area contributed by atoms with E-state index < -0.39 is 0 Å². The lowest BCUT2D eigenvalue weighted by Crippen LogP contribution is -2.26. The summed E-state index contributed by atoms with van der Waals surface area (Å²) in [7, 11) is 3.44. The standard InChI is InChI=1S/C14H16N4OS2/c1-16-13(11-6-8-20-12(11)15)17-7-4-3-5-10-9-21-14(18-10)19-2/h6,8-9,15-17H,4,7H2,1-2H3/b13-11+,15-12?. The highest BCUT2D eigenvalue weighted by Crippen LogP contribution is 2.23. The van der Waals surface area contributed by atoms with E-state index in [0.29, 0.717) is 23.2 Å². The predicted octanol–water partition coefficient (Wildman–Crippen LogP) is 2.15. The van der Waals surface area contributed by atoms with Crippen LogP contribution in [0.1, 0.15) is 12.1 Å². The molecule has 0 radical (unpaired) electrons. The summed E-state index contributed by atoms with van der Waals surface area (Å²) in [6.07, 6.45) is 2.63. The van der Waals surface area contributed by atoms with E-state index in [0.717, 1.165) is 17.1 Å². The topological polar surface area (TPSA) is 70.0 Å². The zero-order valence-corrected chi connectivity index (χ0v) is 13.5. The fraction of sp³-hybridized carbons (Fsp3) is 0.286. The highest BCUT2D eigenvalue weighted by atomic mass is 32.2. The van der Waals surface area contributed by atoms with E-state index in [4.69, 9.17) is 10.1 Å². The number of hydrogen-bond acceptors (Lipinski definition) is 7. The number of thioether (sulfide) groups is 1. The van der Waals surface area contributed by atoms with E-state index in [1.54, 1.807) is 7.11 Å². The Morgan fingerprint density at radius 1 is 1.52 bits per heavy atom. The first kappa shape index (κ1) is 15.5. The number of nitrogens with zero attached hydrogens (tertiary/aromatic N) is 1. The largest absolute Gasteiger partial charge is 0.473 e. The number of thiazole rings is 1. The van der Waals surface area contributed by atoms with Crippen LogP contribution in [0.2, 0.25) is 0 Å². The van der Waals surface area contributed by atoms with Crippen LogP contribution in [0.5, 0.6) is 5.19 Å². The lowest BCUT2D eigenvalue weighted by Gasteiger charge is -2.11. The summed E-state index contributed by atoms with van der Waals surface area (Å²) in [6.45, 7) is 0.708. The van der Waals surface area contributed by atoms with Gasteiger partial charge in [-0.25, -0.2) is 0 Å². The highest BCUT2D eigenvalue weighted by molar-refractivity contribution is 8.17. The Balaban J connectivity index is 1.84. The lowest BCUT2D eigenvalue weighted by atomic mass is 10.2. The van der Waals surface area contributed by atoms with Gasteiger partial charge in [-0.15, -0.1) is 0 Å². The molecule has 0 saturated carbocycles. The molecule has 0 atom stereocenters. The van der Waals surface area contributed by atoms with Crippen molar-refractivity contribution in [1.29, 1.82) is 5.41 Å². The first-order valence-corrected chi connectivity index (χ1v) is 8.07. The van der Waals surface area contributed by atoms with Crippen molar-refractivity contribution in [1.82, 2.24) is 15.6 Å². The Hall–Kier alpha value is -1.91. The lowest BCUT2D eigenvalue weighted by molar-refractivity contribution is 0.411. The molecular formula is C14H16N4OS2. The average molecular weight is 320 g/mol. The molecule has 0 aliphatic carbocycles. The van der Waals surface area contributed by atoms with Gasteiger partial charge in [0.2, 0.25) is 0 Å². The summed E-state index contributed by atoms with van der Waals surface area (Å²) in [4.78, 5) is 4.19. The molecule has 0 unspecified atom stereocenters. The molecule has 1 aliphatic rings. The maximum Gasteiger partial charge on any atom is 0.274 e. The molecule has 1 aromatic rings. The molecule has 0 bridgehead atoms. The number of aromatic nitrogens is 1. The van der Waals surface area contributed by atoms with Crippen LogP contribution in [0.15, 0.2) is 28.3 Å². The van der Waals surface area contributed by atoms with Crippen molar-refractivity contribution in [2.24, 2.45) is 0 Å². The van der Waals surface area contributed by atoms with E-state index in [9.17, 15) is 0 Å². The first-order chi connectivity index (χ1) is 10.2. The van der Waals surface area contributed by atoms with E-state index in [1.807, 2.05) is 23.9 Å². The van der Waals surface area contributed by atoms with Gasteiger partial charge in [0.1, 0.15) is 16.6 Å². The van der Waals surface area contributed by atoms with Gasteiger partial charge in [0.05, 0.1) is 7.11 Å². The van der Waals surface area contributed by atoms with E-state index in [-0.39, 0.29) is 0 Å². The molecule has 1 aromatic heterocycles. The number of nitrogens with one attached hydrogen (secondary N) is 3. The monoisotopic (exact) mass is 320 g/mol. The van der Waals surface area contributed by atoms with E-state index >= 15 is 0 Å². The molecular weight excluding hydrogens is 304 g/mol. The van der Waals surface area contributed by atoms with E-state index in [2.05, 4.69) is 27.5 Å². The highest BCUT2D eigenvalue weighted by Gasteiger charge is 2.12. The quantitative estimate of drug-likeness (QED) is 0.573. The molecule has 7 heteroatoms. The molecule has 21 heavy (non-hydrogen) atoms. The van der Waals surface area contributed by atoms with Crippen LogP contribution >= 0.6 is 23.1 Å². The molecule has 110 valence electrons. The number of ether oxygens (including phenoxy) is 1. The van der Waals surface area contributed by atoms with Gasteiger partial charge in [-0.3, -0.25) is 5.41 Å². The molecule has 1 aliphatic heterocycles. The number of hydrogen-bond donors (Lipinski definition) is 3. The Morgan fingerprint density at radius 3 is 3.00 bits per heavy atom. The van der Waals surface area contributed by atoms with Crippen molar-refractivity contribution < 1.29 is 4.74 Å². The Labute approximate surface area is 132 Å². The van der Waals surface area contributed by atoms with Crippen LogP contribution in [-0.2, 0) is 0 Å². The molecule has 0 saturated heterocycles. The zero-order valence-electron chi connectivity index (χ0n) is 11.8. The minimum absolute atomic E-state index is 0.549. The zero-order chi connectivity index (χ0) is 15.1. The summed E-state index contributed by atoms with van der Waals surface area (Å²) in [6, 6.07) is 0. The third-order valence-corrected chi connectivity index (χ3v) is 4.14. The Bertz CT molecular complexity index is 637. The number of allylic oxidation sites excluding steroid dienone is 1. The van der Waals surface area contributed by atoms with Crippen LogP contribution in [0, 0.1) is 17.3 Å². The third kappa shape index (κ3) is 4.28. The van der Waals surface area contributed by atoms with Gasteiger partial charge in [0.25, 0.3) is 5.19 Å². The van der Waals surface area contributed by atoms with Gasteiger partial charge < -0.3 is 15.4 Å². The minimum atomic E-state index is 0.549. The second kappa shape index (κ2) is 7.76. The smallest absolute Gasteiger partial charge is 0.274 e. The summed E-state index contributed by atoms with van der Waals surface area (Å²) < 4.78 is 5.02. The molecule has 5 nitrogen and oxygen atoms in total. The van der Waals surface area contributed by atoms with Crippen LogP contribution in [-0.4, -0.2) is 30.7 Å². The number of rotatable bonds is 5. The summed E-state index contributed by atoms with van der Waals surface area (Å²) in [5.41, 5.74) is 1.63. The second-order valence-electron chi connectivity index (χ2n) is 3.97. The van der Waals surface area contributed by atoms with Gasteiger partial charge in [-0.1, -0.05) is 29.0 Å². The van der Waals surface area contributed by atoms with Gasteiger partial charge in [-0.2, -0.15) is 4.98 Å². The van der Waals surface area contributed by atoms with Gasteiger partial charge in [-0.05, 0) is 17.4 Å². The van der Waals surface area contributed by atoms with Crippen molar-refractivity contribution >= 4 is 28.1 Å². The summed E-state index contributed by atoms with van der Waals surface area (Å²) >= 11 is 2.85. The maximum atomic E-state index is 7.80. The molecule has 3 N–H and O–H groups in total. The fourth-order valence-electron chi connectivity index (χ4n) is 1.64. The van der Waals surface area contributed by atoms with Gasteiger partial charge in [0, 0.05) is 31.0 Å². The maximum absolute atomic E-state index is 7.80. The normalized spacial score (nSPS) is 15.4.